The number of halogens is 1. The molecule has 0 aliphatic carbocycles. The van der Waals surface area contributed by atoms with Crippen molar-refractivity contribution >= 4 is 17.4 Å². The van der Waals surface area contributed by atoms with Gasteiger partial charge in [0.15, 0.2) is 0 Å². The molecule has 1 aromatic rings. The first-order valence-electron chi connectivity index (χ1n) is 5.18. The highest BCUT2D eigenvalue weighted by Crippen LogP contribution is 2.43. The highest BCUT2D eigenvalue weighted by Gasteiger charge is 2.25. The number of aromatic hydroxyl groups is 1. The standard InChI is InChI=1S/C12H13ClO3/c1-6(14)3-8-5-9-4-7(2)16-12(9)10(13)11(8)15/h5,7,15H,3-4H2,1-2H3. The molecule has 1 N–H and O–H groups in total. The van der Waals surface area contributed by atoms with Crippen molar-refractivity contribution in [3.63, 3.8) is 0 Å². The van der Waals surface area contributed by atoms with Crippen LogP contribution < -0.4 is 4.74 Å². The van der Waals surface area contributed by atoms with Gasteiger partial charge in [-0.3, -0.25) is 4.79 Å². The van der Waals surface area contributed by atoms with E-state index in [1.165, 1.54) is 6.92 Å². The second kappa shape index (κ2) is 3.98. The molecule has 1 aromatic carbocycles. The fourth-order valence-electron chi connectivity index (χ4n) is 1.97. The average Bonchev–Trinajstić information content (AvgIpc) is 2.54. The molecule has 0 fully saturated rings. The molecule has 2 rings (SSSR count). The van der Waals surface area contributed by atoms with Gasteiger partial charge < -0.3 is 9.84 Å². The van der Waals surface area contributed by atoms with Gasteiger partial charge in [-0.25, -0.2) is 0 Å². The summed E-state index contributed by atoms with van der Waals surface area (Å²) >= 11 is 6.01. The summed E-state index contributed by atoms with van der Waals surface area (Å²) < 4.78 is 5.50. The second-order valence-electron chi connectivity index (χ2n) is 4.20. The van der Waals surface area contributed by atoms with E-state index in [9.17, 15) is 9.90 Å². The summed E-state index contributed by atoms with van der Waals surface area (Å²) in [5.41, 5.74) is 1.54. The highest BCUT2D eigenvalue weighted by molar-refractivity contribution is 6.33. The molecule has 4 heteroatoms. The van der Waals surface area contributed by atoms with Crippen molar-refractivity contribution in [2.24, 2.45) is 0 Å². The van der Waals surface area contributed by atoms with Crippen LogP contribution in [0.25, 0.3) is 0 Å². The zero-order valence-electron chi connectivity index (χ0n) is 9.21. The molecular formula is C12H13ClO3. The minimum Gasteiger partial charge on any atom is -0.506 e. The Kier molecular flexibility index (Phi) is 2.80. The molecule has 1 atom stereocenters. The smallest absolute Gasteiger partial charge is 0.145 e. The molecule has 16 heavy (non-hydrogen) atoms. The van der Waals surface area contributed by atoms with E-state index in [0.29, 0.717) is 11.3 Å². The Labute approximate surface area is 99.0 Å². The van der Waals surface area contributed by atoms with Gasteiger partial charge in [-0.05, 0) is 25.5 Å². The summed E-state index contributed by atoms with van der Waals surface area (Å²) in [4.78, 5) is 11.1. The van der Waals surface area contributed by atoms with Gasteiger partial charge in [-0.1, -0.05) is 11.6 Å². The summed E-state index contributed by atoms with van der Waals surface area (Å²) in [6.45, 7) is 3.43. The number of fused-ring (bicyclic) bond motifs is 1. The molecule has 1 unspecified atom stereocenters. The van der Waals surface area contributed by atoms with E-state index in [4.69, 9.17) is 16.3 Å². The summed E-state index contributed by atoms with van der Waals surface area (Å²) in [6.07, 6.45) is 1.03. The van der Waals surface area contributed by atoms with Gasteiger partial charge in [0.25, 0.3) is 0 Å². The quantitative estimate of drug-likeness (QED) is 0.864. The predicted octanol–water partition coefficient (Wildman–Crippen LogP) is 2.50. The van der Waals surface area contributed by atoms with E-state index < -0.39 is 0 Å². The zero-order valence-corrected chi connectivity index (χ0v) is 9.97. The normalized spacial score (nSPS) is 18.1. The lowest BCUT2D eigenvalue weighted by Crippen LogP contribution is -2.05. The minimum atomic E-state index is -0.0373. The number of ketones is 1. The number of carbonyl (C=O) groups excluding carboxylic acids is 1. The monoisotopic (exact) mass is 240 g/mol. The largest absolute Gasteiger partial charge is 0.506 e. The Bertz CT molecular complexity index is 454. The molecule has 0 bridgehead atoms. The maximum Gasteiger partial charge on any atom is 0.145 e. The van der Waals surface area contributed by atoms with Crippen molar-refractivity contribution in [3.8, 4) is 11.5 Å². The molecule has 0 amide bonds. The molecule has 86 valence electrons. The third-order valence-corrected chi connectivity index (χ3v) is 2.97. The Morgan fingerprint density at radius 1 is 1.69 bits per heavy atom. The molecule has 3 nitrogen and oxygen atoms in total. The molecule has 0 spiro atoms. The fourth-order valence-corrected chi connectivity index (χ4v) is 2.26. The van der Waals surface area contributed by atoms with Crippen LogP contribution in [0.2, 0.25) is 5.02 Å². The molecule has 1 aliphatic heterocycles. The van der Waals surface area contributed by atoms with Crippen molar-refractivity contribution in [1.82, 2.24) is 0 Å². The van der Waals surface area contributed by atoms with Crippen LogP contribution in [0.3, 0.4) is 0 Å². The molecule has 1 aliphatic rings. The van der Waals surface area contributed by atoms with Crippen molar-refractivity contribution in [3.05, 3.63) is 22.2 Å². The Morgan fingerprint density at radius 3 is 3.00 bits per heavy atom. The molecule has 0 saturated heterocycles. The SMILES string of the molecule is CC(=O)Cc1cc2c(c(Cl)c1O)OC(C)C2. The molecule has 0 saturated carbocycles. The van der Waals surface area contributed by atoms with E-state index in [0.717, 1.165) is 12.0 Å². The number of Topliss-reactive ketones (excluding diaryl/α,β-unsaturated/α-hetero) is 1. The fraction of sp³-hybridized carbons (Fsp3) is 0.417. The third-order valence-electron chi connectivity index (χ3n) is 2.62. The number of benzene rings is 1. The van der Waals surface area contributed by atoms with Gasteiger partial charge in [0.1, 0.15) is 28.4 Å². The third kappa shape index (κ3) is 1.87. The highest BCUT2D eigenvalue weighted by atomic mass is 35.5. The van der Waals surface area contributed by atoms with E-state index in [1.807, 2.05) is 6.92 Å². The number of rotatable bonds is 2. The Hall–Kier alpha value is -1.22. The van der Waals surface area contributed by atoms with Crippen LogP contribution in [-0.2, 0) is 17.6 Å². The number of hydrogen-bond donors (Lipinski definition) is 1. The van der Waals surface area contributed by atoms with Gasteiger partial charge >= 0.3 is 0 Å². The lowest BCUT2D eigenvalue weighted by atomic mass is 10.0. The maximum atomic E-state index is 11.1. The number of carbonyl (C=O) groups is 1. The number of phenols is 1. The van der Waals surface area contributed by atoms with E-state index in [1.54, 1.807) is 6.07 Å². The number of phenolic OH excluding ortho intramolecular Hbond substituents is 1. The number of hydrogen-bond acceptors (Lipinski definition) is 3. The summed E-state index contributed by atoms with van der Waals surface area (Å²) in [7, 11) is 0. The van der Waals surface area contributed by atoms with Gasteiger partial charge in [0, 0.05) is 18.4 Å². The van der Waals surface area contributed by atoms with E-state index in [2.05, 4.69) is 0 Å². The van der Waals surface area contributed by atoms with Crippen molar-refractivity contribution in [2.75, 3.05) is 0 Å². The lowest BCUT2D eigenvalue weighted by Gasteiger charge is -2.09. The van der Waals surface area contributed by atoms with Gasteiger partial charge in [0.05, 0.1) is 0 Å². The van der Waals surface area contributed by atoms with Crippen LogP contribution in [0.5, 0.6) is 11.5 Å². The first-order chi connectivity index (χ1) is 7.49. The van der Waals surface area contributed by atoms with Crippen molar-refractivity contribution in [2.45, 2.75) is 32.8 Å². The summed E-state index contributed by atoms with van der Waals surface area (Å²) in [6, 6.07) is 1.81. The van der Waals surface area contributed by atoms with Crippen molar-refractivity contribution < 1.29 is 14.6 Å². The van der Waals surface area contributed by atoms with E-state index in [-0.39, 0.29) is 29.1 Å². The number of ether oxygens (including phenoxy) is 1. The van der Waals surface area contributed by atoms with Crippen LogP contribution in [0.1, 0.15) is 25.0 Å². The average molecular weight is 241 g/mol. The predicted molar refractivity (Wildman–Crippen MR) is 61.3 cm³/mol. The van der Waals surface area contributed by atoms with Crippen molar-refractivity contribution in [1.29, 1.82) is 0 Å². The Balaban J connectivity index is 2.47. The summed E-state index contributed by atoms with van der Waals surface area (Å²) in [5, 5.41) is 10.1. The minimum absolute atomic E-state index is 0.00159. The topological polar surface area (TPSA) is 46.5 Å². The van der Waals surface area contributed by atoms with Crippen LogP contribution in [-0.4, -0.2) is 17.0 Å². The second-order valence-corrected chi connectivity index (χ2v) is 4.58. The lowest BCUT2D eigenvalue weighted by molar-refractivity contribution is -0.116. The van der Waals surface area contributed by atoms with E-state index >= 15 is 0 Å². The molecule has 0 aromatic heterocycles. The summed E-state index contributed by atoms with van der Waals surface area (Å²) in [5.74, 6) is 0.516. The molecule has 0 radical (unpaired) electrons. The Morgan fingerprint density at radius 2 is 2.38 bits per heavy atom. The van der Waals surface area contributed by atoms with Crippen LogP contribution >= 0.6 is 11.6 Å². The van der Waals surface area contributed by atoms with Gasteiger partial charge in [-0.15, -0.1) is 0 Å². The molecule has 1 heterocycles. The van der Waals surface area contributed by atoms with Gasteiger partial charge in [0.2, 0.25) is 0 Å². The maximum absolute atomic E-state index is 11.1. The van der Waals surface area contributed by atoms with Crippen LogP contribution in [0, 0.1) is 0 Å². The van der Waals surface area contributed by atoms with Crippen LogP contribution in [0.4, 0.5) is 0 Å². The zero-order chi connectivity index (χ0) is 11.9. The first kappa shape index (κ1) is 11.3. The van der Waals surface area contributed by atoms with Gasteiger partial charge in [-0.2, -0.15) is 0 Å². The van der Waals surface area contributed by atoms with Crippen LogP contribution in [0.15, 0.2) is 6.07 Å². The molecular weight excluding hydrogens is 228 g/mol. The first-order valence-corrected chi connectivity index (χ1v) is 5.56.